The van der Waals surface area contributed by atoms with E-state index in [1.165, 1.54) is 12.1 Å². The van der Waals surface area contributed by atoms with Crippen molar-refractivity contribution in [1.82, 2.24) is 14.7 Å². The average molecular weight is 384 g/mol. The summed E-state index contributed by atoms with van der Waals surface area (Å²) in [5.74, 6) is -0.136. The molecule has 2 aliphatic heterocycles. The molecule has 1 atom stereocenters. The van der Waals surface area contributed by atoms with Crippen LogP contribution in [0.4, 0.5) is 10.1 Å². The van der Waals surface area contributed by atoms with Crippen LogP contribution in [0.3, 0.4) is 0 Å². The molecule has 0 aliphatic carbocycles. The van der Waals surface area contributed by atoms with E-state index in [0.29, 0.717) is 5.56 Å². The molecule has 0 N–H and O–H groups in total. The molecular formula is C22H29FN4O. The quantitative estimate of drug-likeness (QED) is 0.803. The Labute approximate surface area is 166 Å². The summed E-state index contributed by atoms with van der Waals surface area (Å²) < 4.78 is 15.2. The highest BCUT2D eigenvalue weighted by molar-refractivity contribution is 5.96. The number of amides is 1. The van der Waals surface area contributed by atoms with Crippen LogP contribution < -0.4 is 4.90 Å². The second kappa shape index (κ2) is 6.61. The average Bonchev–Trinajstić information content (AvgIpc) is 3.30. The van der Waals surface area contributed by atoms with E-state index in [1.807, 2.05) is 36.9 Å². The van der Waals surface area contributed by atoms with Crippen LogP contribution in [0.5, 0.6) is 0 Å². The Balaban J connectivity index is 1.65. The molecule has 1 aromatic carbocycles. The lowest BCUT2D eigenvalue weighted by Gasteiger charge is -2.35. The van der Waals surface area contributed by atoms with Crippen molar-refractivity contribution in [3.8, 4) is 0 Å². The number of aromatic nitrogens is 2. The fourth-order valence-electron chi connectivity index (χ4n) is 5.17. The van der Waals surface area contributed by atoms with Gasteiger partial charge in [-0.3, -0.25) is 9.48 Å². The monoisotopic (exact) mass is 384 g/mol. The Kier molecular flexibility index (Phi) is 4.47. The molecule has 150 valence electrons. The second-order valence-corrected chi connectivity index (χ2v) is 8.82. The lowest BCUT2D eigenvalue weighted by molar-refractivity contribution is 0.0616. The zero-order chi connectivity index (χ0) is 20.1. The number of carbonyl (C=O) groups is 1. The smallest absolute Gasteiger partial charge is 0.257 e. The summed E-state index contributed by atoms with van der Waals surface area (Å²) in [6.45, 7) is 10.7. The predicted molar refractivity (Wildman–Crippen MR) is 108 cm³/mol. The molecule has 4 rings (SSSR count). The van der Waals surface area contributed by atoms with Gasteiger partial charge in [0.15, 0.2) is 0 Å². The number of anilines is 1. The Morgan fingerprint density at radius 3 is 2.61 bits per heavy atom. The third-order valence-corrected chi connectivity index (χ3v) is 6.43. The SMILES string of the molecule is CCn1cc(C(=O)N2CCCC23CN(c2ccc(F)cc2)C(C)(C)C3)c(C)n1. The van der Waals surface area contributed by atoms with Crippen molar-refractivity contribution in [2.45, 2.75) is 64.6 Å². The Morgan fingerprint density at radius 1 is 1.25 bits per heavy atom. The van der Waals surface area contributed by atoms with Crippen molar-refractivity contribution in [3.05, 3.63) is 47.5 Å². The van der Waals surface area contributed by atoms with Gasteiger partial charge in [0, 0.05) is 37.1 Å². The molecule has 0 radical (unpaired) electrons. The van der Waals surface area contributed by atoms with Gasteiger partial charge in [-0.15, -0.1) is 0 Å². The first kappa shape index (κ1) is 19.0. The Morgan fingerprint density at radius 2 is 1.96 bits per heavy atom. The number of rotatable bonds is 3. The molecule has 1 unspecified atom stereocenters. The van der Waals surface area contributed by atoms with Gasteiger partial charge >= 0.3 is 0 Å². The fourth-order valence-corrected chi connectivity index (χ4v) is 5.17. The van der Waals surface area contributed by atoms with Gasteiger partial charge in [0.05, 0.1) is 16.8 Å². The first-order valence-corrected chi connectivity index (χ1v) is 10.1. The normalized spacial score (nSPS) is 23.8. The largest absolute Gasteiger partial charge is 0.364 e. The molecule has 2 aromatic rings. The summed E-state index contributed by atoms with van der Waals surface area (Å²) in [7, 11) is 0. The molecule has 2 fully saturated rings. The summed E-state index contributed by atoms with van der Waals surface area (Å²) in [5.41, 5.74) is 2.22. The first-order valence-electron chi connectivity index (χ1n) is 10.1. The van der Waals surface area contributed by atoms with Crippen LogP contribution in [0.1, 0.15) is 56.1 Å². The molecule has 0 bridgehead atoms. The number of aryl methyl sites for hydroxylation is 2. The molecule has 0 saturated carbocycles. The summed E-state index contributed by atoms with van der Waals surface area (Å²) in [6, 6.07) is 6.70. The van der Waals surface area contributed by atoms with E-state index in [2.05, 4.69) is 28.7 Å². The zero-order valence-electron chi connectivity index (χ0n) is 17.2. The van der Waals surface area contributed by atoms with Gasteiger partial charge in [0.2, 0.25) is 0 Å². The zero-order valence-corrected chi connectivity index (χ0v) is 17.2. The van der Waals surface area contributed by atoms with Crippen LogP contribution in [-0.4, -0.2) is 44.8 Å². The minimum atomic E-state index is -0.225. The van der Waals surface area contributed by atoms with Crippen LogP contribution in [0.15, 0.2) is 30.5 Å². The number of carbonyl (C=O) groups excluding carboxylic acids is 1. The van der Waals surface area contributed by atoms with Gasteiger partial charge in [-0.25, -0.2) is 4.39 Å². The lowest BCUT2D eigenvalue weighted by Crippen LogP contribution is -2.49. The maximum Gasteiger partial charge on any atom is 0.257 e. The highest BCUT2D eigenvalue weighted by Crippen LogP contribution is 2.47. The van der Waals surface area contributed by atoms with Gasteiger partial charge in [0.1, 0.15) is 5.82 Å². The van der Waals surface area contributed by atoms with E-state index < -0.39 is 0 Å². The maximum absolute atomic E-state index is 13.5. The van der Waals surface area contributed by atoms with Crippen LogP contribution in [0, 0.1) is 12.7 Å². The van der Waals surface area contributed by atoms with Gasteiger partial charge in [0.25, 0.3) is 5.91 Å². The van der Waals surface area contributed by atoms with Crippen LogP contribution in [0.2, 0.25) is 0 Å². The van der Waals surface area contributed by atoms with E-state index >= 15 is 0 Å². The first-order chi connectivity index (χ1) is 13.3. The molecule has 1 spiro atoms. The summed E-state index contributed by atoms with van der Waals surface area (Å²) in [5, 5.41) is 4.46. The minimum Gasteiger partial charge on any atom is -0.364 e. The van der Waals surface area contributed by atoms with Crippen LogP contribution in [-0.2, 0) is 6.54 Å². The van der Waals surface area contributed by atoms with Crippen molar-refractivity contribution in [3.63, 3.8) is 0 Å². The molecule has 2 aliphatic rings. The third-order valence-electron chi connectivity index (χ3n) is 6.43. The van der Waals surface area contributed by atoms with E-state index in [1.54, 1.807) is 0 Å². The number of halogens is 1. The maximum atomic E-state index is 13.5. The van der Waals surface area contributed by atoms with Crippen molar-refractivity contribution < 1.29 is 9.18 Å². The Bertz CT molecular complexity index is 888. The van der Waals surface area contributed by atoms with E-state index in [-0.39, 0.29) is 22.8 Å². The second-order valence-electron chi connectivity index (χ2n) is 8.82. The summed E-state index contributed by atoms with van der Waals surface area (Å²) in [4.78, 5) is 17.9. The molecule has 6 heteroatoms. The van der Waals surface area contributed by atoms with Crippen molar-refractivity contribution >= 4 is 11.6 Å². The molecular weight excluding hydrogens is 355 g/mol. The van der Waals surface area contributed by atoms with Crippen LogP contribution in [0.25, 0.3) is 0 Å². The topological polar surface area (TPSA) is 41.4 Å². The lowest BCUT2D eigenvalue weighted by atomic mass is 9.87. The number of hydrogen-bond acceptors (Lipinski definition) is 3. The number of likely N-dealkylation sites (tertiary alicyclic amines) is 1. The van der Waals surface area contributed by atoms with Gasteiger partial charge in [-0.05, 0) is 71.2 Å². The van der Waals surface area contributed by atoms with Gasteiger partial charge in [-0.2, -0.15) is 5.10 Å². The van der Waals surface area contributed by atoms with E-state index in [0.717, 1.165) is 50.3 Å². The number of hydrogen-bond donors (Lipinski definition) is 0. The predicted octanol–water partition coefficient (Wildman–Crippen LogP) is 4.01. The minimum absolute atomic E-state index is 0.0893. The van der Waals surface area contributed by atoms with E-state index in [4.69, 9.17) is 0 Å². The molecule has 3 heterocycles. The molecule has 1 amide bonds. The van der Waals surface area contributed by atoms with E-state index in [9.17, 15) is 9.18 Å². The van der Waals surface area contributed by atoms with Crippen molar-refractivity contribution in [2.24, 2.45) is 0 Å². The van der Waals surface area contributed by atoms with Crippen LogP contribution >= 0.6 is 0 Å². The fraction of sp³-hybridized carbons (Fsp3) is 0.545. The standard InChI is InChI=1S/C22H29FN4O/c1-5-25-13-19(16(2)24-25)20(28)26-12-6-11-22(26)14-21(3,4)27(15-22)18-9-7-17(23)8-10-18/h7-10,13H,5-6,11-12,14-15H2,1-4H3. The van der Waals surface area contributed by atoms with Gasteiger partial charge in [-0.1, -0.05) is 0 Å². The third kappa shape index (κ3) is 2.99. The summed E-state index contributed by atoms with van der Waals surface area (Å²) >= 11 is 0. The molecule has 2 saturated heterocycles. The summed E-state index contributed by atoms with van der Waals surface area (Å²) in [6.07, 6.45) is 4.80. The Hall–Kier alpha value is -2.37. The van der Waals surface area contributed by atoms with Gasteiger partial charge < -0.3 is 9.80 Å². The van der Waals surface area contributed by atoms with Crippen molar-refractivity contribution in [1.29, 1.82) is 0 Å². The highest BCUT2D eigenvalue weighted by atomic mass is 19.1. The molecule has 5 nitrogen and oxygen atoms in total. The highest BCUT2D eigenvalue weighted by Gasteiger charge is 2.55. The number of nitrogens with zero attached hydrogens (tertiary/aromatic N) is 4. The number of benzene rings is 1. The van der Waals surface area contributed by atoms with Crippen molar-refractivity contribution in [2.75, 3.05) is 18.0 Å². The molecule has 28 heavy (non-hydrogen) atoms. The molecule has 1 aromatic heterocycles.